The van der Waals surface area contributed by atoms with Crippen LogP contribution in [0.5, 0.6) is 11.6 Å². The molecular weight excluding hydrogens is 266 g/mol. The predicted octanol–water partition coefficient (Wildman–Crippen LogP) is 1.96. The quantitative estimate of drug-likeness (QED) is 0.477. The number of methoxy groups -OCH3 is 1. The van der Waals surface area contributed by atoms with Crippen molar-refractivity contribution in [1.29, 1.82) is 0 Å². The van der Waals surface area contributed by atoms with Gasteiger partial charge < -0.3 is 9.47 Å². The van der Waals surface area contributed by atoms with Gasteiger partial charge in [0.2, 0.25) is 0 Å². The Balaban J connectivity index is 2.31. The molecule has 0 aromatic carbocycles. The van der Waals surface area contributed by atoms with Gasteiger partial charge in [0.1, 0.15) is 5.75 Å². The Hall–Kier alpha value is -3.03. The molecule has 0 aliphatic heterocycles. The summed E-state index contributed by atoms with van der Waals surface area (Å²) in [5, 5.41) is 10.8. The number of hydrogen-bond acceptors (Lipinski definition) is 7. The molecule has 20 heavy (non-hydrogen) atoms. The van der Waals surface area contributed by atoms with Gasteiger partial charge in [0.15, 0.2) is 0 Å². The first-order valence-electron chi connectivity index (χ1n) is 5.42. The summed E-state index contributed by atoms with van der Waals surface area (Å²) in [4.78, 5) is 29.2. The fourth-order valence-corrected chi connectivity index (χ4v) is 1.42. The SMILES string of the molecule is COC(=O)c1cncc(Oc2ncccc2[N+](=O)[O-])c1. The van der Waals surface area contributed by atoms with Crippen molar-refractivity contribution in [3.05, 3.63) is 52.5 Å². The highest BCUT2D eigenvalue weighted by atomic mass is 16.6. The number of carbonyl (C=O) groups is 1. The van der Waals surface area contributed by atoms with Gasteiger partial charge in [0, 0.05) is 18.5 Å². The average molecular weight is 275 g/mol. The lowest BCUT2D eigenvalue weighted by molar-refractivity contribution is -0.386. The van der Waals surface area contributed by atoms with Crippen molar-refractivity contribution in [2.75, 3.05) is 7.11 Å². The zero-order chi connectivity index (χ0) is 14.5. The van der Waals surface area contributed by atoms with Crippen molar-refractivity contribution in [3.63, 3.8) is 0 Å². The van der Waals surface area contributed by atoms with Gasteiger partial charge in [-0.1, -0.05) is 0 Å². The van der Waals surface area contributed by atoms with Crippen molar-refractivity contribution in [2.24, 2.45) is 0 Å². The van der Waals surface area contributed by atoms with Gasteiger partial charge in [0.05, 0.1) is 23.8 Å². The third-order valence-corrected chi connectivity index (χ3v) is 2.30. The minimum absolute atomic E-state index is 0.148. The van der Waals surface area contributed by atoms with Crippen molar-refractivity contribution >= 4 is 11.7 Å². The lowest BCUT2D eigenvalue weighted by Crippen LogP contribution is -2.02. The van der Waals surface area contributed by atoms with Crippen LogP contribution in [-0.4, -0.2) is 28.0 Å². The molecule has 0 aliphatic rings. The molecule has 0 saturated heterocycles. The highest BCUT2D eigenvalue weighted by Gasteiger charge is 2.17. The third-order valence-electron chi connectivity index (χ3n) is 2.30. The summed E-state index contributed by atoms with van der Waals surface area (Å²) < 4.78 is 9.83. The first-order valence-corrected chi connectivity index (χ1v) is 5.42. The van der Waals surface area contributed by atoms with Crippen molar-refractivity contribution in [2.45, 2.75) is 0 Å². The maximum absolute atomic E-state index is 11.4. The Kier molecular flexibility index (Phi) is 3.85. The fraction of sp³-hybridized carbons (Fsp3) is 0.0833. The molecule has 8 heteroatoms. The van der Waals surface area contributed by atoms with E-state index in [1.807, 2.05) is 0 Å². The highest BCUT2D eigenvalue weighted by molar-refractivity contribution is 5.89. The van der Waals surface area contributed by atoms with Gasteiger partial charge in [-0.05, 0) is 12.1 Å². The minimum atomic E-state index is -0.611. The molecule has 0 fully saturated rings. The Morgan fingerprint density at radius 2 is 2.20 bits per heavy atom. The van der Waals surface area contributed by atoms with Gasteiger partial charge in [-0.2, -0.15) is 0 Å². The molecule has 0 aliphatic carbocycles. The molecule has 102 valence electrons. The van der Waals surface area contributed by atoms with Crippen LogP contribution >= 0.6 is 0 Å². The number of pyridine rings is 2. The van der Waals surface area contributed by atoms with Crippen LogP contribution in [0.1, 0.15) is 10.4 Å². The topological polar surface area (TPSA) is 104 Å². The number of hydrogen-bond donors (Lipinski definition) is 0. The third kappa shape index (κ3) is 2.86. The summed E-state index contributed by atoms with van der Waals surface area (Å²) in [6, 6.07) is 4.05. The van der Waals surface area contributed by atoms with E-state index in [1.165, 1.54) is 43.9 Å². The summed E-state index contributed by atoms with van der Waals surface area (Å²) in [5.74, 6) is -0.616. The summed E-state index contributed by atoms with van der Waals surface area (Å²) in [6.07, 6.45) is 3.97. The van der Waals surface area contributed by atoms with Gasteiger partial charge in [-0.3, -0.25) is 15.1 Å². The summed E-state index contributed by atoms with van der Waals surface area (Å²) in [6.45, 7) is 0. The molecular formula is C12H9N3O5. The molecule has 8 nitrogen and oxygen atoms in total. The monoisotopic (exact) mass is 275 g/mol. The van der Waals surface area contributed by atoms with Gasteiger partial charge in [-0.15, -0.1) is 0 Å². The van der Waals surface area contributed by atoms with Crippen LogP contribution in [0.3, 0.4) is 0 Å². The van der Waals surface area contributed by atoms with Crippen LogP contribution in [0.2, 0.25) is 0 Å². The number of ether oxygens (including phenoxy) is 2. The van der Waals surface area contributed by atoms with E-state index in [4.69, 9.17) is 4.74 Å². The molecule has 0 amide bonds. The molecule has 2 aromatic heterocycles. The van der Waals surface area contributed by atoms with E-state index in [0.29, 0.717) is 0 Å². The smallest absolute Gasteiger partial charge is 0.339 e. The van der Waals surface area contributed by atoms with E-state index in [0.717, 1.165) is 0 Å². The van der Waals surface area contributed by atoms with Gasteiger partial charge in [0.25, 0.3) is 5.88 Å². The number of esters is 1. The summed E-state index contributed by atoms with van der Waals surface area (Å²) in [5.41, 5.74) is -0.112. The molecule has 0 spiro atoms. The molecule has 0 atom stereocenters. The highest BCUT2D eigenvalue weighted by Crippen LogP contribution is 2.28. The first-order chi connectivity index (χ1) is 9.61. The second-order valence-corrected chi connectivity index (χ2v) is 3.59. The van der Waals surface area contributed by atoms with E-state index in [9.17, 15) is 14.9 Å². The van der Waals surface area contributed by atoms with Crippen molar-refractivity contribution in [1.82, 2.24) is 9.97 Å². The normalized spacial score (nSPS) is 9.85. The Labute approximate surface area is 113 Å². The lowest BCUT2D eigenvalue weighted by atomic mass is 10.3. The van der Waals surface area contributed by atoms with Gasteiger partial charge >= 0.3 is 11.7 Å². The van der Waals surface area contributed by atoms with Gasteiger partial charge in [-0.25, -0.2) is 9.78 Å². The van der Waals surface area contributed by atoms with E-state index in [1.54, 1.807) is 0 Å². The molecule has 0 unspecified atom stereocenters. The molecule has 0 radical (unpaired) electrons. The number of nitrogens with zero attached hydrogens (tertiary/aromatic N) is 3. The Morgan fingerprint density at radius 3 is 2.90 bits per heavy atom. The van der Waals surface area contributed by atoms with E-state index in [-0.39, 0.29) is 22.9 Å². The zero-order valence-electron chi connectivity index (χ0n) is 10.3. The number of carbonyl (C=O) groups excluding carboxylic acids is 1. The van der Waals surface area contributed by atoms with Crippen LogP contribution < -0.4 is 4.74 Å². The minimum Gasteiger partial charge on any atom is -0.465 e. The molecule has 0 N–H and O–H groups in total. The second-order valence-electron chi connectivity index (χ2n) is 3.59. The van der Waals surface area contributed by atoms with E-state index in [2.05, 4.69) is 14.7 Å². The van der Waals surface area contributed by atoms with Crippen molar-refractivity contribution < 1.29 is 19.2 Å². The molecule has 2 aromatic rings. The van der Waals surface area contributed by atoms with E-state index < -0.39 is 10.9 Å². The summed E-state index contributed by atoms with van der Waals surface area (Å²) >= 11 is 0. The van der Waals surface area contributed by atoms with Crippen LogP contribution in [0.25, 0.3) is 0 Å². The Bertz CT molecular complexity index is 659. The maximum atomic E-state index is 11.4. The fourth-order valence-electron chi connectivity index (χ4n) is 1.42. The lowest BCUT2D eigenvalue weighted by Gasteiger charge is -2.05. The summed E-state index contributed by atoms with van der Waals surface area (Å²) in [7, 11) is 1.24. The molecule has 0 saturated carbocycles. The molecule has 2 heterocycles. The first kappa shape index (κ1) is 13.4. The zero-order valence-corrected chi connectivity index (χ0v) is 10.3. The van der Waals surface area contributed by atoms with Crippen LogP contribution in [0.4, 0.5) is 5.69 Å². The van der Waals surface area contributed by atoms with Crippen LogP contribution in [0.15, 0.2) is 36.8 Å². The van der Waals surface area contributed by atoms with Crippen LogP contribution in [-0.2, 0) is 4.74 Å². The largest absolute Gasteiger partial charge is 0.465 e. The molecule has 0 bridgehead atoms. The number of rotatable bonds is 4. The van der Waals surface area contributed by atoms with E-state index >= 15 is 0 Å². The number of nitro groups is 1. The van der Waals surface area contributed by atoms with Crippen molar-refractivity contribution in [3.8, 4) is 11.6 Å². The van der Waals surface area contributed by atoms with Crippen LogP contribution in [0, 0.1) is 10.1 Å². The average Bonchev–Trinajstić information content (AvgIpc) is 2.47. The molecule has 2 rings (SSSR count). The predicted molar refractivity (Wildman–Crippen MR) is 66.5 cm³/mol. The second kappa shape index (κ2) is 5.74. The maximum Gasteiger partial charge on any atom is 0.339 e. The number of aromatic nitrogens is 2. The standard InChI is InChI=1S/C12H9N3O5/c1-19-12(16)8-5-9(7-13-6-8)20-11-10(15(17)18)3-2-4-14-11/h2-7H,1H3. The Morgan fingerprint density at radius 1 is 1.40 bits per heavy atom.